The number of hydrogen-bond acceptors (Lipinski definition) is 5. The predicted octanol–water partition coefficient (Wildman–Crippen LogP) is 6.10. The van der Waals surface area contributed by atoms with Crippen molar-refractivity contribution >= 4 is 5.97 Å². The second kappa shape index (κ2) is 16.2. The SMILES string of the molecule is CCCCCCCCOc1ccc(CN(CCc2ccccc2F)OCC(=O)OCC)cc1. The molecule has 0 fully saturated rings. The maximum absolute atomic E-state index is 14.0. The van der Waals surface area contributed by atoms with Crippen LogP contribution < -0.4 is 4.74 Å². The third kappa shape index (κ3) is 11.3. The molecule has 0 heterocycles. The Balaban J connectivity index is 1.84. The number of carbonyl (C=O) groups excluding carboxylic acids is 1. The van der Waals surface area contributed by atoms with Crippen molar-refractivity contribution < 1.29 is 23.5 Å². The minimum Gasteiger partial charge on any atom is -0.494 e. The topological polar surface area (TPSA) is 48.0 Å². The lowest BCUT2D eigenvalue weighted by Gasteiger charge is -2.22. The molecule has 2 rings (SSSR count). The number of rotatable bonds is 17. The van der Waals surface area contributed by atoms with Crippen LogP contribution in [0.25, 0.3) is 0 Å². The van der Waals surface area contributed by atoms with E-state index in [9.17, 15) is 9.18 Å². The van der Waals surface area contributed by atoms with Crippen LogP contribution in [0.3, 0.4) is 0 Å². The lowest BCUT2D eigenvalue weighted by atomic mass is 10.1. The van der Waals surface area contributed by atoms with Gasteiger partial charge in [-0.05, 0) is 49.1 Å². The molecule has 6 heteroatoms. The van der Waals surface area contributed by atoms with Crippen LogP contribution >= 0.6 is 0 Å². The largest absolute Gasteiger partial charge is 0.494 e. The maximum atomic E-state index is 14.0. The molecule has 2 aromatic carbocycles. The Kier molecular flexibility index (Phi) is 13.2. The number of hydroxylamine groups is 2. The number of ether oxygens (including phenoxy) is 2. The van der Waals surface area contributed by atoms with Crippen LogP contribution in [0.15, 0.2) is 48.5 Å². The summed E-state index contributed by atoms with van der Waals surface area (Å²) in [7, 11) is 0. The lowest BCUT2D eigenvalue weighted by Crippen LogP contribution is -2.29. The van der Waals surface area contributed by atoms with E-state index in [-0.39, 0.29) is 12.4 Å². The molecule has 0 radical (unpaired) electrons. The van der Waals surface area contributed by atoms with E-state index in [4.69, 9.17) is 14.3 Å². The van der Waals surface area contributed by atoms with Gasteiger partial charge in [0.1, 0.15) is 11.6 Å². The van der Waals surface area contributed by atoms with Crippen molar-refractivity contribution in [1.29, 1.82) is 0 Å². The summed E-state index contributed by atoms with van der Waals surface area (Å²) < 4.78 is 24.8. The average Bonchev–Trinajstić information content (AvgIpc) is 2.82. The third-order valence-corrected chi connectivity index (χ3v) is 5.31. The Morgan fingerprint density at radius 2 is 1.67 bits per heavy atom. The smallest absolute Gasteiger partial charge is 0.334 e. The zero-order valence-corrected chi connectivity index (χ0v) is 20.1. The van der Waals surface area contributed by atoms with Crippen LogP contribution in [0.2, 0.25) is 0 Å². The molecular formula is C27H38FNO4. The molecule has 0 saturated heterocycles. The summed E-state index contributed by atoms with van der Waals surface area (Å²) in [6, 6.07) is 14.6. The average molecular weight is 460 g/mol. The van der Waals surface area contributed by atoms with Crippen molar-refractivity contribution in [2.75, 3.05) is 26.4 Å². The van der Waals surface area contributed by atoms with Crippen LogP contribution in [0.5, 0.6) is 5.75 Å². The van der Waals surface area contributed by atoms with Crippen molar-refractivity contribution in [3.63, 3.8) is 0 Å². The van der Waals surface area contributed by atoms with Gasteiger partial charge >= 0.3 is 5.97 Å². The minimum absolute atomic E-state index is 0.176. The highest BCUT2D eigenvalue weighted by Crippen LogP contribution is 2.16. The Labute approximate surface area is 197 Å². The molecule has 0 atom stereocenters. The Morgan fingerprint density at radius 3 is 2.39 bits per heavy atom. The Morgan fingerprint density at radius 1 is 0.939 bits per heavy atom. The molecule has 5 nitrogen and oxygen atoms in total. The number of carbonyl (C=O) groups is 1. The summed E-state index contributed by atoms with van der Waals surface area (Å²) in [5.74, 6) is 0.180. The van der Waals surface area contributed by atoms with Crippen molar-refractivity contribution in [3.05, 3.63) is 65.5 Å². The van der Waals surface area contributed by atoms with Crippen LogP contribution in [0.1, 0.15) is 63.5 Å². The van der Waals surface area contributed by atoms with Crippen LogP contribution in [0, 0.1) is 5.82 Å². The van der Waals surface area contributed by atoms with Gasteiger partial charge in [0.25, 0.3) is 0 Å². The van der Waals surface area contributed by atoms with E-state index >= 15 is 0 Å². The number of nitrogens with zero attached hydrogens (tertiary/aromatic N) is 1. The summed E-state index contributed by atoms with van der Waals surface area (Å²) in [6.45, 7) is 5.73. The van der Waals surface area contributed by atoms with E-state index in [1.165, 1.54) is 38.2 Å². The summed E-state index contributed by atoms with van der Waals surface area (Å²) in [4.78, 5) is 17.4. The molecule has 0 aliphatic rings. The van der Waals surface area contributed by atoms with Gasteiger partial charge in [-0.15, -0.1) is 0 Å². The normalized spacial score (nSPS) is 11.0. The molecule has 0 aliphatic heterocycles. The van der Waals surface area contributed by atoms with E-state index in [1.54, 1.807) is 24.1 Å². The van der Waals surface area contributed by atoms with E-state index in [1.807, 2.05) is 30.3 Å². The van der Waals surface area contributed by atoms with Gasteiger partial charge in [-0.25, -0.2) is 9.18 Å². The quantitative estimate of drug-likeness (QED) is 0.162. The molecule has 182 valence electrons. The Hall–Kier alpha value is -2.44. The molecule has 0 amide bonds. The molecule has 0 spiro atoms. The lowest BCUT2D eigenvalue weighted by molar-refractivity contribution is -0.188. The van der Waals surface area contributed by atoms with Gasteiger partial charge in [-0.3, -0.25) is 4.84 Å². The van der Waals surface area contributed by atoms with Crippen molar-refractivity contribution in [2.45, 2.75) is 65.3 Å². The highest BCUT2D eigenvalue weighted by atomic mass is 19.1. The number of halogens is 1. The summed E-state index contributed by atoms with van der Waals surface area (Å²) in [5, 5.41) is 1.68. The zero-order valence-electron chi connectivity index (χ0n) is 20.1. The number of esters is 1. The molecule has 0 bridgehead atoms. The molecule has 33 heavy (non-hydrogen) atoms. The van der Waals surface area contributed by atoms with Crippen molar-refractivity contribution in [1.82, 2.24) is 5.06 Å². The second-order valence-electron chi connectivity index (χ2n) is 8.04. The fourth-order valence-electron chi connectivity index (χ4n) is 3.45. The molecular weight excluding hydrogens is 421 g/mol. The second-order valence-corrected chi connectivity index (χ2v) is 8.04. The van der Waals surface area contributed by atoms with Crippen molar-refractivity contribution in [3.8, 4) is 5.75 Å². The zero-order chi connectivity index (χ0) is 23.7. The van der Waals surface area contributed by atoms with Gasteiger partial charge in [-0.1, -0.05) is 69.4 Å². The van der Waals surface area contributed by atoms with Crippen molar-refractivity contribution in [2.24, 2.45) is 0 Å². The van der Waals surface area contributed by atoms with Gasteiger partial charge in [0.05, 0.1) is 13.2 Å². The molecule has 2 aromatic rings. The standard InChI is InChI=1S/C27H38FNO4/c1-3-5-6-7-8-11-20-32-25-16-14-23(15-17-25)21-29(33-22-27(30)31-4-2)19-18-24-12-9-10-13-26(24)28/h9-10,12-17H,3-8,11,18-22H2,1-2H3. The number of unbranched alkanes of at least 4 members (excludes halogenated alkanes) is 5. The third-order valence-electron chi connectivity index (χ3n) is 5.31. The summed E-state index contributed by atoms with van der Waals surface area (Å²) in [6.07, 6.45) is 7.88. The highest BCUT2D eigenvalue weighted by Gasteiger charge is 2.12. The van der Waals surface area contributed by atoms with Crippen LogP contribution in [-0.2, 0) is 27.3 Å². The molecule has 0 aliphatic carbocycles. The van der Waals surface area contributed by atoms with Gasteiger partial charge in [0, 0.05) is 13.1 Å². The maximum Gasteiger partial charge on any atom is 0.334 e. The molecule has 0 aromatic heterocycles. The van der Waals surface area contributed by atoms with E-state index in [0.717, 1.165) is 24.3 Å². The fourth-order valence-corrected chi connectivity index (χ4v) is 3.45. The number of hydrogen-bond donors (Lipinski definition) is 0. The van der Waals surface area contributed by atoms with Crippen LogP contribution in [-0.4, -0.2) is 37.4 Å². The summed E-state index contributed by atoms with van der Waals surface area (Å²) >= 11 is 0. The molecule has 0 unspecified atom stereocenters. The first-order valence-corrected chi connectivity index (χ1v) is 12.1. The van der Waals surface area contributed by atoms with Crippen LogP contribution in [0.4, 0.5) is 4.39 Å². The van der Waals surface area contributed by atoms with E-state index in [0.29, 0.717) is 31.7 Å². The molecule has 0 N–H and O–H groups in total. The first-order valence-electron chi connectivity index (χ1n) is 12.1. The van der Waals surface area contributed by atoms with Gasteiger partial charge in [-0.2, -0.15) is 5.06 Å². The number of benzene rings is 2. The first kappa shape index (κ1) is 26.8. The monoisotopic (exact) mass is 459 g/mol. The predicted molar refractivity (Wildman–Crippen MR) is 128 cm³/mol. The van der Waals surface area contributed by atoms with E-state index in [2.05, 4.69) is 6.92 Å². The van der Waals surface area contributed by atoms with E-state index < -0.39 is 5.97 Å². The Bertz CT molecular complexity index is 797. The highest BCUT2D eigenvalue weighted by molar-refractivity contribution is 5.70. The minimum atomic E-state index is -0.424. The van der Waals surface area contributed by atoms with Gasteiger partial charge < -0.3 is 9.47 Å². The summed E-state index contributed by atoms with van der Waals surface area (Å²) in [5.41, 5.74) is 1.62. The van der Waals surface area contributed by atoms with Gasteiger partial charge in [0.15, 0.2) is 6.61 Å². The van der Waals surface area contributed by atoms with Gasteiger partial charge in [0.2, 0.25) is 0 Å². The first-order chi connectivity index (χ1) is 16.1. The fraction of sp³-hybridized carbons (Fsp3) is 0.519. The molecule has 0 saturated carbocycles.